The summed E-state index contributed by atoms with van der Waals surface area (Å²) in [5.41, 5.74) is 2.86. The van der Waals surface area contributed by atoms with Crippen molar-refractivity contribution in [2.75, 3.05) is 6.61 Å². The Morgan fingerprint density at radius 2 is 1.46 bits per heavy atom. The SMILES string of the molecule is CCC[CH2][Sn]([CH2]CCC)([CH2]CCC)/[C](=C\[Si](C)(C)C)C[C@@H](C)C[C@@H]1O[C@H]1CO. The number of unbranched alkanes of at least 4 members (excludes halogenated alkanes) is 3. The van der Waals surface area contributed by atoms with E-state index in [4.69, 9.17) is 4.74 Å². The number of hydrogen-bond acceptors (Lipinski definition) is 2. The van der Waals surface area contributed by atoms with Gasteiger partial charge in [0.25, 0.3) is 0 Å². The van der Waals surface area contributed by atoms with E-state index in [9.17, 15) is 5.11 Å². The fourth-order valence-corrected chi connectivity index (χ4v) is 28.5. The van der Waals surface area contributed by atoms with Crippen molar-refractivity contribution in [2.24, 2.45) is 5.92 Å². The summed E-state index contributed by atoms with van der Waals surface area (Å²) in [5.74, 6) is 0.685. The molecule has 1 fully saturated rings. The summed E-state index contributed by atoms with van der Waals surface area (Å²) in [5, 5.41) is 9.32. The molecule has 0 aliphatic carbocycles. The third kappa shape index (κ3) is 9.66. The number of hydrogen-bond donors (Lipinski definition) is 1. The minimum atomic E-state index is -2.35. The van der Waals surface area contributed by atoms with Gasteiger partial charge in [0, 0.05) is 0 Å². The van der Waals surface area contributed by atoms with Gasteiger partial charge in [0.1, 0.15) is 0 Å². The first kappa shape index (κ1) is 26.7. The zero-order chi connectivity index (χ0) is 21.2. The molecule has 0 unspecified atom stereocenters. The van der Waals surface area contributed by atoms with Crippen LogP contribution in [0.2, 0.25) is 33.0 Å². The van der Waals surface area contributed by atoms with Crippen molar-refractivity contribution >= 4 is 26.5 Å². The van der Waals surface area contributed by atoms with Gasteiger partial charge >= 0.3 is 182 Å². The van der Waals surface area contributed by atoms with E-state index >= 15 is 0 Å². The zero-order valence-electron chi connectivity index (χ0n) is 20.2. The van der Waals surface area contributed by atoms with E-state index in [-0.39, 0.29) is 12.7 Å². The first-order chi connectivity index (χ1) is 13.2. The summed E-state index contributed by atoms with van der Waals surface area (Å²) in [4.78, 5) is 0. The molecule has 0 spiro atoms. The van der Waals surface area contributed by atoms with Gasteiger partial charge in [-0.3, -0.25) is 0 Å². The summed E-state index contributed by atoms with van der Waals surface area (Å²) in [6.45, 7) is 17.3. The van der Waals surface area contributed by atoms with Crippen molar-refractivity contribution in [2.45, 2.75) is 124 Å². The molecule has 0 aromatic rings. The Labute approximate surface area is 181 Å². The molecule has 0 radical (unpaired) electrons. The molecule has 0 aromatic carbocycles. The molecular formula is C24H50O2SiSn. The monoisotopic (exact) mass is 518 g/mol. The van der Waals surface area contributed by atoms with Crippen LogP contribution in [-0.4, -0.2) is 50.4 Å². The van der Waals surface area contributed by atoms with E-state index in [1.54, 1.807) is 13.3 Å². The molecule has 1 aliphatic rings. The average molecular weight is 517 g/mol. The number of allylic oxidation sites excluding steroid dienone is 1. The average Bonchev–Trinajstić information content (AvgIpc) is 3.37. The normalized spacial score (nSPS) is 21.8. The fraction of sp³-hybridized carbons (Fsp3) is 0.917. The number of ether oxygens (including phenoxy) is 1. The van der Waals surface area contributed by atoms with Crippen LogP contribution in [0.3, 0.4) is 0 Å². The Hall–Kier alpha value is 0.676. The number of epoxide rings is 1. The van der Waals surface area contributed by atoms with Crippen molar-refractivity contribution < 1.29 is 9.84 Å². The molecule has 166 valence electrons. The van der Waals surface area contributed by atoms with Crippen LogP contribution in [0, 0.1) is 5.92 Å². The molecule has 0 bridgehead atoms. The summed E-state index contributed by atoms with van der Waals surface area (Å²) in [6.07, 6.45) is 11.3. The Balaban J connectivity index is 3.10. The van der Waals surface area contributed by atoms with E-state index in [0.29, 0.717) is 12.0 Å². The number of aliphatic hydroxyl groups excluding tert-OH is 1. The molecule has 1 N–H and O–H groups in total. The van der Waals surface area contributed by atoms with Crippen molar-refractivity contribution in [3.05, 3.63) is 9.29 Å². The van der Waals surface area contributed by atoms with Gasteiger partial charge in [0.15, 0.2) is 0 Å². The van der Waals surface area contributed by atoms with Crippen LogP contribution >= 0.6 is 0 Å². The van der Waals surface area contributed by atoms with Crippen LogP contribution in [0.1, 0.15) is 79.1 Å². The van der Waals surface area contributed by atoms with E-state index in [2.05, 4.69) is 53.0 Å². The first-order valence-corrected chi connectivity index (χ1v) is 23.3. The van der Waals surface area contributed by atoms with E-state index in [1.165, 1.54) is 44.9 Å². The molecular weight excluding hydrogens is 467 g/mol. The van der Waals surface area contributed by atoms with Crippen molar-refractivity contribution in [3.8, 4) is 0 Å². The Morgan fingerprint density at radius 1 is 0.964 bits per heavy atom. The van der Waals surface area contributed by atoms with Crippen LogP contribution in [0.25, 0.3) is 0 Å². The quantitative estimate of drug-likeness (QED) is 0.172. The summed E-state index contributed by atoms with van der Waals surface area (Å²) >= 11 is -2.35. The molecule has 3 atom stereocenters. The van der Waals surface area contributed by atoms with Crippen LogP contribution in [0.15, 0.2) is 9.29 Å². The fourth-order valence-electron chi connectivity index (χ4n) is 4.76. The summed E-state index contributed by atoms with van der Waals surface area (Å²) in [7, 11) is -1.24. The van der Waals surface area contributed by atoms with Crippen molar-refractivity contribution in [3.63, 3.8) is 0 Å². The molecule has 1 saturated heterocycles. The molecule has 0 aromatic heterocycles. The molecule has 0 saturated carbocycles. The first-order valence-electron chi connectivity index (χ1n) is 12.2. The Kier molecular flexibility index (Phi) is 12.6. The van der Waals surface area contributed by atoms with Gasteiger partial charge in [-0.2, -0.15) is 0 Å². The number of aliphatic hydroxyl groups is 1. The van der Waals surface area contributed by atoms with Gasteiger partial charge in [-0.15, -0.1) is 0 Å². The Morgan fingerprint density at radius 3 is 1.82 bits per heavy atom. The van der Waals surface area contributed by atoms with Gasteiger partial charge < -0.3 is 0 Å². The Bertz CT molecular complexity index is 436. The maximum atomic E-state index is 9.32. The van der Waals surface area contributed by atoms with Crippen LogP contribution in [0.4, 0.5) is 0 Å². The second kappa shape index (κ2) is 13.2. The number of rotatable bonds is 16. The van der Waals surface area contributed by atoms with E-state index in [0.717, 1.165) is 6.42 Å². The van der Waals surface area contributed by atoms with Gasteiger partial charge in [-0.25, -0.2) is 0 Å². The van der Waals surface area contributed by atoms with Gasteiger partial charge in [-0.05, 0) is 0 Å². The molecule has 1 heterocycles. The molecule has 1 aliphatic heterocycles. The molecule has 1 rings (SSSR count). The summed E-state index contributed by atoms with van der Waals surface area (Å²) < 4.78 is 12.4. The second-order valence-electron chi connectivity index (χ2n) is 10.6. The van der Waals surface area contributed by atoms with Gasteiger partial charge in [0.2, 0.25) is 0 Å². The predicted octanol–water partition coefficient (Wildman–Crippen LogP) is 7.35. The van der Waals surface area contributed by atoms with Crippen molar-refractivity contribution in [1.29, 1.82) is 0 Å². The third-order valence-corrected chi connectivity index (χ3v) is 24.5. The molecule has 2 nitrogen and oxygen atoms in total. The zero-order valence-corrected chi connectivity index (χ0v) is 24.0. The predicted molar refractivity (Wildman–Crippen MR) is 130 cm³/mol. The third-order valence-electron chi connectivity index (χ3n) is 6.39. The summed E-state index contributed by atoms with van der Waals surface area (Å²) in [6, 6.07) is 0. The standard InChI is InChI=1S/C12H23O2Si.3C4H9.Sn/c1-10(6-5-7-15(2,3)4)8-11-12(9-13)14-11;3*1-3-4-2;/h7,10-13H,6,8-9H2,1-4H3;3*1,3-4H2,2H3;/t10-,11+,12+;;;;/m1..../s1. The second-order valence-corrected chi connectivity index (χ2v) is 29.0. The topological polar surface area (TPSA) is 32.8 Å². The van der Waals surface area contributed by atoms with E-state index in [1.807, 2.05) is 3.59 Å². The van der Waals surface area contributed by atoms with Crippen LogP contribution in [-0.2, 0) is 4.74 Å². The van der Waals surface area contributed by atoms with Crippen LogP contribution < -0.4 is 0 Å². The van der Waals surface area contributed by atoms with Crippen molar-refractivity contribution in [1.82, 2.24) is 0 Å². The molecule has 28 heavy (non-hydrogen) atoms. The molecule has 4 heteroatoms. The maximum absolute atomic E-state index is 9.32. The van der Waals surface area contributed by atoms with Gasteiger partial charge in [0.05, 0.1) is 0 Å². The van der Waals surface area contributed by atoms with Crippen LogP contribution in [0.5, 0.6) is 0 Å². The molecule has 0 amide bonds. The van der Waals surface area contributed by atoms with Gasteiger partial charge in [-0.1, -0.05) is 0 Å². The van der Waals surface area contributed by atoms with E-state index < -0.39 is 26.5 Å². The minimum absolute atomic E-state index is 0.125.